The maximum absolute atomic E-state index is 10.6. The number of imidazole rings is 1. The van der Waals surface area contributed by atoms with E-state index in [1.807, 2.05) is 7.05 Å². The highest BCUT2D eigenvalue weighted by Crippen LogP contribution is 2.02. The van der Waals surface area contributed by atoms with E-state index in [1.165, 1.54) is 7.11 Å². The van der Waals surface area contributed by atoms with Crippen molar-refractivity contribution in [1.82, 2.24) is 9.55 Å². The summed E-state index contributed by atoms with van der Waals surface area (Å²) < 4.78 is 6.56. The van der Waals surface area contributed by atoms with Gasteiger partial charge in [-0.05, 0) is 0 Å². The SMILES string of the molecule is COC(Cc1nccn1C)C(=O)O. The van der Waals surface area contributed by atoms with Crippen molar-refractivity contribution in [3.63, 3.8) is 0 Å². The number of hydrogen-bond donors (Lipinski definition) is 1. The van der Waals surface area contributed by atoms with Crippen LogP contribution in [0.4, 0.5) is 0 Å². The van der Waals surface area contributed by atoms with Crippen LogP contribution in [0.2, 0.25) is 0 Å². The van der Waals surface area contributed by atoms with E-state index in [0.717, 1.165) is 0 Å². The predicted molar refractivity (Wildman–Crippen MR) is 45.3 cm³/mol. The zero-order valence-electron chi connectivity index (χ0n) is 7.60. The largest absolute Gasteiger partial charge is 0.479 e. The number of nitrogens with zero attached hydrogens (tertiary/aromatic N) is 2. The summed E-state index contributed by atoms with van der Waals surface area (Å²) in [4.78, 5) is 14.6. The van der Waals surface area contributed by atoms with Crippen LogP contribution in [-0.4, -0.2) is 33.8 Å². The summed E-state index contributed by atoms with van der Waals surface area (Å²) in [6.07, 6.45) is 2.87. The van der Waals surface area contributed by atoms with Gasteiger partial charge in [0.1, 0.15) is 5.82 Å². The van der Waals surface area contributed by atoms with E-state index < -0.39 is 12.1 Å². The Hall–Kier alpha value is -1.36. The highest BCUT2D eigenvalue weighted by molar-refractivity contribution is 5.72. The number of methoxy groups -OCH3 is 1. The fraction of sp³-hybridized carbons (Fsp3) is 0.500. The summed E-state index contributed by atoms with van der Waals surface area (Å²) in [5, 5.41) is 8.70. The fourth-order valence-electron chi connectivity index (χ4n) is 1.03. The third-order valence-corrected chi connectivity index (χ3v) is 1.85. The Labute approximate surface area is 76.0 Å². The Bertz CT molecular complexity index is 295. The zero-order valence-corrected chi connectivity index (χ0v) is 7.60. The Morgan fingerprint density at radius 1 is 1.85 bits per heavy atom. The molecule has 0 spiro atoms. The summed E-state index contributed by atoms with van der Waals surface area (Å²) >= 11 is 0. The number of aryl methyl sites for hydroxylation is 1. The second kappa shape index (κ2) is 4.04. The molecule has 0 saturated carbocycles. The molecule has 1 heterocycles. The molecule has 0 aromatic carbocycles. The summed E-state index contributed by atoms with van der Waals surface area (Å²) in [5.74, 6) is -0.264. The van der Waals surface area contributed by atoms with Crippen molar-refractivity contribution in [2.75, 3.05) is 7.11 Å². The average Bonchev–Trinajstić information content (AvgIpc) is 2.46. The topological polar surface area (TPSA) is 64.4 Å². The lowest BCUT2D eigenvalue weighted by atomic mass is 10.2. The molecular weight excluding hydrogens is 172 g/mol. The van der Waals surface area contributed by atoms with E-state index >= 15 is 0 Å². The summed E-state index contributed by atoms with van der Waals surface area (Å²) in [7, 11) is 3.19. The molecule has 1 aromatic rings. The second-order valence-electron chi connectivity index (χ2n) is 2.72. The molecule has 1 atom stereocenters. The first-order valence-corrected chi connectivity index (χ1v) is 3.87. The van der Waals surface area contributed by atoms with Crippen LogP contribution in [-0.2, 0) is 23.0 Å². The van der Waals surface area contributed by atoms with Gasteiger partial charge in [-0.3, -0.25) is 0 Å². The van der Waals surface area contributed by atoms with Crippen molar-refractivity contribution in [1.29, 1.82) is 0 Å². The van der Waals surface area contributed by atoms with E-state index in [0.29, 0.717) is 5.82 Å². The van der Waals surface area contributed by atoms with Crippen molar-refractivity contribution in [3.8, 4) is 0 Å². The van der Waals surface area contributed by atoms with Crippen LogP contribution in [0.1, 0.15) is 5.82 Å². The van der Waals surface area contributed by atoms with Crippen molar-refractivity contribution < 1.29 is 14.6 Å². The molecule has 0 amide bonds. The molecule has 0 aliphatic rings. The number of rotatable bonds is 4. The first-order valence-electron chi connectivity index (χ1n) is 3.87. The van der Waals surface area contributed by atoms with Gasteiger partial charge in [0.25, 0.3) is 0 Å². The van der Waals surface area contributed by atoms with Crippen LogP contribution in [0, 0.1) is 0 Å². The minimum absolute atomic E-state index is 0.287. The Morgan fingerprint density at radius 2 is 2.54 bits per heavy atom. The van der Waals surface area contributed by atoms with E-state index in [1.54, 1.807) is 17.0 Å². The van der Waals surface area contributed by atoms with Gasteiger partial charge < -0.3 is 14.4 Å². The highest BCUT2D eigenvalue weighted by Gasteiger charge is 2.18. The molecule has 5 nitrogen and oxygen atoms in total. The van der Waals surface area contributed by atoms with Crippen LogP contribution in [0.5, 0.6) is 0 Å². The maximum atomic E-state index is 10.6. The molecule has 1 N–H and O–H groups in total. The Morgan fingerprint density at radius 3 is 2.92 bits per heavy atom. The maximum Gasteiger partial charge on any atom is 0.333 e. The number of carbonyl (C=O) groups is 1. The minimum Gasteiger partial charge on any atom is -0.479 e. The van der Waals surface area contributed by atoms with Crippen LogP contribution < -0.4 is 0 Å². The predicted octanol–water partition coefficient (Wildman–Crippen LogP) is 0.0622. The number of hydrogen-bond acceptors (Lipinski definition) is 3. The van der Waals surface area contributed by atoms with Gasteiger partial charge >= 0.3 is 5.97 Å². The normalized spacial score (nSPS) is 12.8. The zero-order chi connectivity index (χ0) is 9.84. The van der Waals surface area contributed by atoms with Crippen molar-refractivity contribution in [2.45, 2.75) is 12.5 Å². The Kier molecular flexibility index (Phi) is 3.02. The number of carboxylic acid groups (broad SMARTS) is 1. The van der Waals surface area contributed by atoms with E-state index in [9.17, 15) is 4.79 Å². The molecule has 0 aliphatic carbocycles. The lowest BCUT2D eigenvalue weighted by Crippen LogP contribution is -2.26. The molecule has 72 valence electrons. The Balaban J connectivity index is 2.67. The third kappa shape index (κ3) is 2.29. The van der Waals surface area contributed by atoms with Gasteiger partial charge in [0.15, 0.2) is 6.10 Å². The molecule has 5 heteroatoms. The first-order chi connectivity index (χ1) is 6.15. The number of aromatic nitrogens is 2. The van der Waals surface area contributed by atoms with Crippen LogP contribution in [0.25, 0.3) is 0 Å². The van der Waals surface area contributed by atoms with Crippen LogP contribution in [0.15, 0.2) is 12.4 Å². The van der Waals surface area contributed by atoms with E-state index in [4.69, 9.17) is 9.84 Å². The molecule has 0 bridgehead atoms. The lowest BCUT2D eigenvalue weighted by Gasteiger charge is -2.09. The molecule has 0 aliphatic heterocycles. The molecular formula is C8H12N2O3. The van der Waals surface area contributed by atoms with Gasteiger partial charge in [0.05, 0.1) is 0 Å². The molecule has 0 saturated heterocycles. The van der Waals surface area contributed by atoms with Crippen molar-refractivity contribution in [3.05, 3.63) is 18.2 Å². The minimum atomic E-state index is -0.967. The molecule has 1 rings (SSSR count). The molecule has 0 radical (unpaired) electrons. The van der Waals surface area contributed by atoms with Gasteiger partial charge in [-0.15, -0.1) is 0 Å². The molecule has 1 unspecified atom stereocenters. The summed E-state index contributed by atoms with van der Waals surface area (Å²) in [5.41, 5.74) is 0. The number of aliphatic carboxylic acids is 1. The smallest absolute Gasteiger partial charge is 0.333 e. The first kappa shape index (κ1) is 9.73. The van der Waals surface area contributed by atoms with Gasteiger partial charge in [0, 0.05) is 33.0 Å². The van der Waals surface area contributed by atoms with Crippen molar-refractivity contribution in [2.24, 2.45) is 7.05 Å². The fourth-order valence-corrected chi connectivity index (χ4v) is 1.03. The van der Waals surface area contributed by atoms with Crippen LogP contribution in [0.3, 0.4) is 0 Å². The molecule has 1 aromatic heterocycles. The third-order valence-electron chi connectivity index (χ3n) is 1.85. The van der Waals surface area contributed by atoms with E-state index in [-0.39, 0.29) is 6.42 Å². The second-order valence-corrected chi connectivity index (χ2v) is 2.72. The quantitative estimate of drug-likeness (QED) is 0.718. The summed E-state index contributed by atoms with van der Waals surface area (Å²) in [6, 6.07) is 0. The van der Waals surface area contributed by atoms with Gasteiger partial charge in [0.2, 0.25) is 0 Å². The number of ether oxygens (including phenoxy) is 1. The standard InChI is InChI=1S/C8H12N2O3/c1-10-4-3-9-7(10)5-6(13-2)8(11)12/h3-4,6H,5H2,1-2H3,(H,11,12). The monoisotopic (exact) mass is 184 g/mol. The highest BCUT2D eigenvalue weighted by atomic mass is 16.5. The molecule has 13 heavy (non-hydrogen) atoms. The average molecular weight is 184 g/mol. The van der Waals surface area contributed by atoms with Gasteiger partial charge in [-0.1, -0.05) is 0 Å². The molecule has 0 fully saturated rings. The summed E-state index contributed by atoms with van der Waals surface area (Å²) in [6.45, 7) is 0. The van der Waals surface area contributed by atoms with E-state index in [2.05, 4.69) is 4.98 Å². The van der Waals surface area contributed by atoms with Gasteiger partial charge in [-0.2, -0.15) is 0 Å². The van der Waals surface area contributed by atoms with Crippen molar-refractivity contribution >= 4 is 5.97 Å². The van der Waals surface area contributed by atoms with Crippen LogP contribution >= 0.6 is 0 Å². The number of carboxylic acids is 1. The lowest BCUT2D eigenvalue weighted by molar-refractivity contribution is -0.148. The van der Waals surface area contributed by atoms with Gasteiger partial charge in [-0.25, -0.2) is 9.78 Å².